The predicted octanol–water partition coefficient (Wildman–Crippen LogP) is 4.45. The minimum absolute atomic E-state index is 0.0553. The number of aryl methyl sites for hydroxylation is 2. The number of aromatic nitrogens is 1. The molecule has 3 rings (SSSR count). The summed E-state index contributed by atoms with van der Waals surface area (Å²) in [7, 11) is 0. The van der Waals surface area contributed by atoms with Crippen molar-refractivity contribution in [3.63, 3.8) is 0 Å². The Kier molecular flexibility index (Phi) is 5.73. The van der Waals surface area contributed by atoms with E-state index >= 15 is 0 Å². The predicted molar refractivity (Wildman–Crippen MR) is 111 cm³/mol. The van der Waals surface area contributed by atoms with Gasteiger partial charge in [0.05, 0.1) is 11.1 Å². The highest BCUT2D eigenvalue weighted by Gasteiger charge is 2.21. The number of benzene rings is 2. The number of carbonyl (C=O) groups excluding carboxylic acids is 2. The van der Waals surface area contributed by atoms with E-state index in [9.17, 15) is 9.59 Å². The van der Waals surface area contributed by atoms with Crippen molar-refractivity contribution in [2.24, 2.45) is 0 Å². The van der Waals surface area contributed by atoms with E-state index in [2.05, 4.69) is 4.98 Å². The van der Waals surface area contributed by atoms with Crippen LogP contribution in [0.5, 0.6) is 0 Å². The van der Waals surface area contributed by atoms with Crippen LogP contribution in [-0.4, -0.2) is 29.5 Å². The minimum Gasteiger partial charge on any atom is -0.452 e. The fourth-order valence-electron chi connectivity index (χ4n) is 3.23. The maximum absolute atomic E-state index is 12.7. The molecule has 28 heavy (non-hydrogen) atoms. The van der Waals surface area contributed by atoms with Crippen molar-refractivity contribution < 1.29 is 14.3 Å². The van der Waals surface area contributed by atoms with Gasteiger partial charge in [-0.05, 0) is 58.0 Å². The smallest absolute Gasteiger partial charge is 0.339 e. The number of rotatable bonds is 5. The van der Waals surface area contributed by atoms with E-state index in [1.54, 1.807) is 11.0 Å². The molecule has 1 aromatic heterocycles. The number of amides is 1. The molecule has 0 bridgehead atoms. The van der Waals surface area contributed by atoms with Crippen molar-refractivity contribution in [2.45, 2.75) is 33.7 Å². The van der Waals surface area contributed by atoms with Gasteiger partial charge in [-0.1, -0.05) is 29.8 Å². The van der Waals surface area contributed by atoms with Crippen LogP contribution < -0.4 is 4.90 Å². The maximum atomic E-state index is 12.7. The summed E-state index contributed by atoms with van der Waals surface area (Å²) >= 11 is 0. The van der Waals surface area contributed by atoms with Crippen LogP contribution in [0.25, 0.3) is 10.9 Å². The summed E-state index contributed by atoms with van der Waals surface area (Å²) < 4.78 is 5.39. The van der Waals surface area contributed by atoms with Crippen LogP contribution >= 0.6 is 0 Å². The Balaban J connectivity index is 1.81. The second kappa shape index (κ2) is 8.21. The van der Waals surface area contributed by atoms with Gasteiger partial charge < -0.3 is 9.64 Å². The highest BCUT2D eigenvalue weighted by molar-refractivity contribution is 6.05. The lowest BCUT2D eigenvalue weighted by molar-refractivity contribution is -0.122. The van der Waals surface area contributed by atoms with Crippen LogP contribution in [-0.2, 0) is 9.53 Å². The van der Waals surface area contributed by atoms with Gasteiger partial charge in [0.15, 0.2) is 6.61 Å². The first-order chi connectivity index (χ1) is 13.4. The van der Waals surface area contributed by atoms with Crippen molar-refractivity contribution in [1.29, 1.82) is 0 Å². The summed E-state index contributed by atoms with van der Waals surface area (Å²) in [6, 6.07) is 16.8. The third-order valence-electron chi connectivity index (χ3n) is 4.46. The quantitative estimate of drug-likeness (QED) is 0.617. The molecule has 3 aromatic rings. The molecule has 144 valence electrons. The molecule has 0 radical (unpaired) electrons. The van der Waals surface area contributed by atoms with E-state index in [1.165, 1.54) is 0 Å². The molecular formula is C23H24N2O3. The Labute approximate surface area is 165 Å². The number of carbonyl (C=O) groups is 2. The standard InChI is InChI=1S/C23H24N2O3/c1-15(2)25(18-8-6-5-7-9-18)22(26)14-28-23(27)20-13-17(4)24-21-11-10-16(3)12-19(20)21/h5-13,15H,14H2,1-4H3. The maximum Gasteiger partial charge on any atom is 0.339 e. The topological polar surface area (TPSA) is 59.5 Å². The van der Waals surface area contributed by atoms with E-state index in [-0.39, 0.29) is 18.6 Å². The van der Waals surface area contributed by atoms with Crippen LogP contribution in [0, 0.1) is 13.8 Å². The van der Waals surface area contributed by atoms with E-state index in [4.69, 9.17) is 4.74 Å². The Morgan fingerprint density at radius 3 is 2.43 bits per heavy atom. The molecule has 0 spiro atoms. The van der Waals surface area contributed by atoms with E-state index in [1.807, 2.05) is 76.2 Å². The molecule has 0 fully saturated rings. The lowest BCUT2D eigenvalue weighted by Crippen LogP contribution is -2.39. The second-order valence-electron chi connectivity index (χ2n) is 7.10. The Morgan fingerprint density at radius 1 is 1.04 bits per heavy atom. The summed E-state index contributed by atoms with van der Waals surface area (Å²) in [4.78, 5) is 31.6. The Bertz CT molecular complexity index is 1010. The second-order valence-corrected chi connectivity index (χ2v) is 7.10. The van der Waals surface area contributed by atoms with Crippen LogP contribution in [0.3, 0.4) is 0 Å². The minimum atomic E-state index is -0.522. The number of pyridine rings is 1. The Hall–Kier alpha value is -3.21. The van der Waals surface area contributed by atoms with Gasteiger partial charge in [-0.15, -0.1) is 0 Å². The molecule has 0 aliphatic rings. The SMILES string of the molecule is Cc1ccc2nc(C)cc(C(=O)OCC(=O)N(c3ccccc3)C(C)C)c2c1. The Morgan fingerprint density at radius 2 is 1.75 bits per heavy atom. The third kappa shape index (κ3) is 4.19. The van der Waals surface area contributed by atoms with Gasteiger partial charge in [-0.25, -0.2) is 4.79 Å². The van der Waals surface area contributed by atoms with Gasteiger partial charge in [0.1, 0.15) is 0 Å². The van der Waals surface area contributed by atoms with E-state index in [0.717, 1.165) is 27.8 Å². The molecule has 0 saturated carbocycles. The molecule has 0 saturated heterocycles. The summed E-state index contributed by atoms with van der Waals surface area (Å²) in [6.45, 7) is 7.32. The van der Waals surface area contributed by atoms with Crippen molar-refractivity contribution in [2.75, 3.05) is 11.5 Å². The first kappa shape index (κ1) is 19.5. The molecule has 5 heteroatoms. The van der Waals surface area contributed by atoms with Gasteiger partial charge in [0.2, 0.25) is 0 Å². The number of ether oxygens (including phenoxy) is 1. The molecule has 0 atom stereocenters. The van der Waals surface area contributed by atoms with E-state index < -0.39 is 5.97 Å². The zero-order valence-electron chi connectivity index (χ0n) is 16.6. The zero-order valence-corrected chi connectivity index (χ0v) is 16.6. The van der Waals surface area contributed by atoms with Crippen LogP contribution in [0.4, 0.5) is 5.69 Å². The molecule has 0 aliphatic heterocycles. The van der Waals surface area contributed by atoms with Crippen LogP contribution in [0.2, 0.25) is 0 Å². The van der Waals surface area contributed by atoms with Gasteiger partial charge in [-0.3, -0.25) is 9.78 Å². The molecule has 0 aliphatic carbocycles. The number of fused-ring (bicyclic) bond motifs is 1. The number of esters is 1. The highest BCUT2D eigenvalue weighted by Crippen LogP contribution is 2.21. The summed E-state index contributed by atoms with van der Waals surface area (Å²) in [5.74, 6) is -0.785. The van der Waals surface area contributed by atoms with Gasteiger partial charge >= 0.3 is 5.97 Å². The first-order valence-corrected chi connectivity index (χ1v) is 9.29. The zero-order chi connectivity index (χ0) is 20.3. The highest BCUT2D eigenvalue weighted by atomic mass is 16.5. The number of nitrogens with zero attached hydrogens (tertiary/aromatic N) is 2. The summed E-state index contributed by atoms with van der Waals surface area (Å²) in [5, 5.41) is 0.729. The van der Waals surface area contributed by atoms with E-state index in [0.29, 0.717) is 5.56 Å². The fraction of sp³-hybridized carbons (Fsp3) is 0.261. The van der Waals surface area contributed by atoms with Gasteiger partial charge in [0.25, 0.3) is 5.91 Å². The molecule has 0 unspecified atom stereocenters. The van der Waals surface area contributed by atoms with Gasteiger partial charge in [-0.2, -0.15) is 0 Å². The van der Waals surface area contributed by atoms with Crippen LogP contribution in [0.15, 0.2) is 54.6 Å². The molecule has 5 nitrogen and oxygen atoms in total. The number of para-hydroxylation sites is 1. The molecular weight excluding hydrogens is 352 g/mol. The largest absolute Gasteiger partial charge is 0.452 e. The summed E-state index contributed by atoms with van der Waals surface area (Å²) in [5.41, 5.74) is 3.69. The van der Waals surface area contributed by atoms with Crippen molar-refractivity contribution in [1.82, 2.24) is 4.98 Å². The van der Waals surface area contributed by atoms with Crippen molar-refractivity contribution >= 4 is 28.5 Å². The number of hydrogen-bond acceptors (Lipinski definition) is 4. The number of anilines is 1. The van der Waals surface area contributed by atoms with Crippen molar-refractivity contribution in [3.8, 4) is 0 Å². The molecule has 1 heterocycles. The molecule has 2 aromatic carbocycles. The average Bonchev–Trinajstić information content (AvgIpc) is 2.66. The normalized spacial score (nSPS) is 10.9. The van der Waals surface area contributed by atoms with Crippen LogP contribution in [0.1, 0.15) is 35.5 Å². The fourth-order valence-corrected chi connectivity index (χ4v) is 3.23. The molecule has 0 N–H and O–H groups in total. The van der Waals surface area contributed by atoms with Crippen molar-refractivity contribution in [3.05, 3.63) is 71.4 Å². The third-order valence-corrected chi connectivity index (χ3v) is 4.46. The summed E-state index contributed by atoms with van der Waals surface area (Å²) in [6.07, 6.45) is 0. The monoisotopic (exact) mass is 376 g/mol. The molecule has 1 amide bonds. The average molecular weight is 376 g/mol. The lowest BCUT2D eigenvalue weighted by Gasteiger charge is -2.26. The first-order valence-electron chi connectivity index (χ1n) is 9.29. The number of hydrogen-bond donors (Lipinski definition) is 0. The van der Waals surface area contributed by atoms with Gasteiger partial charge in [0, 0.05) is 22.8 Å². The lowest BCUT2D eigenvalue weighted by atomic mass is 10.1.